The Hall–Kier alpha value is -1.62. The van der Waals surface area contributed by atoms with Gasteiger partial charge in [0.2, 0.25) is 0 Å². The Kier molecular flexibility index (Phi) is 4.69. The lowest BCUT2D eigenvalue weighted by atomic mass is 9.95. The molecule has 4 rings (SSSR count). The summed E-state index contributed by atoms with van der Waals surface area (Å²) in [5, 5.41) is 3.33. The van der Waals surface area contributed by atoms with Crippen molar-refractivity contribution in [2.75, 3.05) is 19.8 Å². The lowest BCUT2D eigenvalue weighted by molar-refractivity contribution is 0.00365. The smallest absolute Gasteiger partial charge is 0.318 e. The minimum atomic E-state index is 0.0314. The van der Waals surface area contributed by atoms with E-state index >= 15 is 0 Å². The fourth-order valence-electron chi connectivity index (χ4n) is 4.25. The molecule has 5 heteroatoms. The van der Waals surface area contributed by atoms with Gasteiger partial charge in [0.1, 0.15) is 0 Å². The molecule has 130 valence electrons. The van der Waals surface area contributed by atoms with Gasteiger partial charge >= 0.3 is 6.03 Å². The summed E-state index contributed by atoms with van der Waals surface area (Å²) < 4.78 is 5.62. The van der Waals surface area contributed by atoms with Crippen LogP contribution in [0.15, 0.2) is 24.4 Å². The number of nitrogens with one attached hydrogen (secondary N) is 1. The van der Waals surface area contributed by atoms with Gasteiger partial charge in [-0.2, -0.15) is 0 Å². The number of nitrogens with zero attached hydrogens (tertiary/aromatic N) is 2. The summed E-state index contributed by atoms with van der Waals surface area (Å²) in [5.41, 5.74) is 0.994. The third kappa shape index (κ3) is 3.41. The molecular weight excluding hydrogens is 302 g/mol. The molecule has 2 atom stereocenters. The molecule has 1 aromatic heterocycles. The van der Waals surface area contributed by atoms with Crippen molar-refractivity contribution in [3.05, 3.63) is 30.1 Å². The largest absolute Gasteiger partial charge is 0.377 e. The highest BCUT2D eigenvalue weighted by atomic mass is 16.5. The summed E-state index contributed by atoms with van der Waals surface area (Å²) in [6.45, 7) is 2.04. The second-order valence-corrected chi connectivity index (χ2v) is 7.40. The molecule has 3 aliphatic rings. The number of hydrogen-bond acceptors (Lipinski definition) is 3. The maximum absolute atomic E-state index is 13.0. The summed E-state index contributed by atoms with van der Waals surface area (Å²) in [4.78, 5) is 19.6. The van der Waals surface area contributed by atoms with Crippen LogP contribution in [-0.4, -0.2) is 41.7 Å². The van der Waals surface area contributed by atoms with Crippen molar-refractivity contribution in [2.24, 2.45) is 11.8 Å². The maximum atomic E-state index is 13.0. The fourth-order valence-corrected chi connectivity index (χ4v) is 4.25. The summed E-state index contributed by atoms with van der Waals surface area (Å²) in [5.74, 6) is 1.14. The highest BCUT2D eigenvalue weighted by Crippen LogP contribution is 2.38. The van der Waals surface area contributed by atoms with E-state index in [0.29, 0.717) is 31.6 Å². The Bertz CT molecular complexity index is 555. The van der Waals surface area contributed by atoms with E-state index in [9.17, 15) is 4.79 Å². The third-order valence-corrected chi connectivity index (χ3v) is 5.75. The first-order valence-corrected chi connectivity index (χ1v) is 9.39. The van der Waals surface area contributed by atoms with Crippen molar-refractivity contribution in [1.82, 2.24) is 15.2 Å². The first-order valence-electron chi connectivity index (χ1n) is 9.39. The molecule has 2 aliphatic carbocycles. The van der Waals surface area contributed by atoms with Gasteiger partial charge in [-0.05, 0) is 49.7 Å². The average molecular weight is 329 g/mol. The van der Waals surface area contributed by atoms with Gasteiger partial charge < -0.3 is 15.0 Å². The topological polar surface area (TPSA) is 54.5 Å². The zero-order valence-corrected chi connectivity index (χ0v) is 14.2. The Morgan fingerprint density at radius 2 is 2.08 bits per heavy atom. The molecule has 2 heterocycles. The van der Waals surface area contributed by atoms with Gasteiger partial charge in [-0.15, -0.1) is 0 Å². The number of morpholine rings is 1. The quantitative estimate of drug-likeness (QED) is 0.923. The van der Waals surface area contributed by atoms with Gasteiger partial charge in [0, 0.05) is 12.7 Å². The van der Waals surface area contributed by atoms with E-state index in [1.807, 2.05) is 29.3 Å². The highest BCUT2D eigenvalue weighted by Gasteiger charge is 2.40. The number of pyridine rings is 1. The number of aromatic nitrogens is 1. The molecule has 1 saturated heterocycles. The number of amides is 2. The Balaban J connectivity index is 1.49. The van der Waals surface area contributed by atoms with Crippen LogP contribution in [0.2, 0.25) is 0 Å². The van der Waals surface area contributed by atoms with Crippen molar-refractivity contribution < 1.29 is 9.53 Å². The van der Waals surface area contributed by atoms with Gasteiger partial charge in [-0.1, -0.05) is 18.9 Å². The molecule has 0 unspecified atom stereocenters. The molecule has 1 aliphatic heterocycles. The summed E-state index contributed by atoms with van der Waals surface area (Å²) in [6.07, 6.45) is 9.14. The second-order valence-electron chi connectivity index (χ2n) is 7.40. The van der Waals surface area contributed by atoms with Crippen LogP contribution in [0.25, 0.3) is 0 Å². The van der Waals surface area contributed by atoms with Crippen LogP contribution in [-0.2, 0) is 4.74 Å². The summed E-state index contributed by atoms with van der Waals surface area (Å²) in [6, 6.07) is 6.34. The number of carbonyl (C=O) groups excluding carboxylic acids is 1. The van der Waals surface area contributed by atoms with E-state index in [0.717, 1.165) is 5.69 Å². The lowest BCUT2D eigenvalue weighted by Gasteiger charge is -2.37. The minimum Gasteiger partial charge on any atom is -0.377 e. The number of ether oxygens (including phenoxy) is 1. The van der Waals surface area contributed by atoms with Crippen LogP contribution < -0.4 is 5.32 Å². The molecule has 5 nitrogen and oxygen atoms in total. The molecule has 2 saturated carbocycles. The zero-order chi connectivity index (χ0) is 16.4. The van der Waals surface area contributed by atoms with E-state index in [2.05, 4.69) is 10.3 Å². The molecule has 0 spiro atoms. The Morgan fingerprint density at radius 3 is 2.79 bits per heavy atom. The van der Waals surface area contributed by atoms with Crippen molar-refractivity contribution in [2.45, 2.75) is 50.6 Å². The number of hydrogen-bond donors (Lipinski definition) is 1. The Morgan fingerprint density at radius 1 is 1.25 bits per heavy atom. The van der Waals surface area contributed by atoms with Crippen LogP contribution in [0.5, 0.6) is 0 Å². The van der Waals surface area contributed by atoms with E-state index in [-0.39, 0.29) is 18.1 Å². The zero-order valence-electron chi connectivity index (χ0n) is 14.2. The molecule has 2 amide bonds. The number of urea groups is 1. The second kappa shape index (κ2) is 7.09. The van der Waals surface area contributed by atoms with E-state index in [1.54, 1.807) is 0 Å². The van der Waals surface area contributed by atoms with Gasteiger partial charge in [-0.25, -0.2) is 4.79 Å². The normalized spacial score (nSPS) is 26.3. The molecule has 0 radical (unpaired) electrons. The first-order chi connectivity index (χ1) is 11.8. The molecule has 1 N–H and O–H groups in total. The molecular formula is C19H27N3O2. The van der Waals surface area contributed by atoms with E-state index in [4.69, 9.17) is 4.74 Å². The third-order valence-electron chi connectivity index (χ3n) is 5.75. The molecule has 0 aromatic carbocycles. The standard InChI is InChI=1S/C19H27N3O2/c23-19(22-11-12-24-13-17(22)14-8-9-14)21-18(15-5-1-2-6-15)16-7-3-4-10-20-16/h3-4,7,10,14-15,17-18H,1-2,5-6,8-9,11-13H2,(H,21,23)/t17-,18+/m0/s1. The Labute approximate surface area is 143 Å². The van der Waals surface area contributed by atoms with Crippen molar-refractivity contribution in [3.63, 3.8) is 0 Å². The van der Waals surface area contributed by atoms with Crippen LogP contribution >= 0.6 is 0 Å². The van der Waals surface area contributed by atoms with Crippen molar-refractivity contribution in [1.29, 1.82) is 0 Å². The minimum absolute atomic E-state index is 0.0314. The summed E-state index contributed by atoms with van der Waals surface area (Å²) in [7, 11) is 0. The molecule has 3 fully saturated rings. The van der Waals surface area contributed by atoms with Gasteiger partial charge in [-0.3, -0.25) is 4.98 Å². The number of rotatable bonds is 4. The van der Waals surface area contributed by atoms with Gasteiger partial charge in [0.15, 0.2) is 0 Å². The molecule has 24 heavy (non-hydrogen) atoms. The van der Waals surface area contributed by atoms with Crippen LogP contribution in [0.1, 0.15) is 50.3 Å². The van der Waals surface area contributed by atoms with E-state index < -0.39 is 0 Å². The molecule has 1 aromatic rings. The van der Waals surface area contributed by atoms with Gasteiger partial charge in [0.05, 0.1) is 31.0 Å². The fraction of sp³-hybridized carbons (Fsp3) is 0.684. The van der Waals surface area contributed by atoms with E-state index in [1.165, 1.54) is 38.5 Å². The lowest BCUT2D eigenvalue weighted by Crippen LogP contribution is -2.54. The summed E-state index contributed by atoms with van der Waals surface area (Å²) >= 11 is 0. The monoisotopic (exact) mass is 329 g/mol. The van der Waals surface area contributed by atoms with Crippen LogP contribution in [0.4, 0.5) is 4.79 Å². The predicted molar refractivity (Wildman–Crippen MR) is 91.5 cm³/mol. The van der Waals surface area contributed by atoms with Gasteiger partial charge in [0.25, 0.3) is 0 Å². The van der Waals surface area contributed by atoms with Crippen molar-refractivity contribution in [3.8, 4) is 0 Å². The average Bonchev–Trinajstić information content (AvgIpc) is 3.35. The molecule has 0 bridgehead atoms. The SMILES string of the molecule is O=C(N[C@@H](c1ccccn1)C1CCCC1)N1CCOC[C@H]1C1CC1. The first kappa shape index (κ1) is 15.9. The van der Waals surface area contributed by atoms with Crippen LogP contribution in [0.3, 0.4) is 0 Å². The van der Waals surface area contributed by atoms with Crippen molar-refractivity contribution >= 4 is 6.03 Å². The number of carbonyl (C=O) groups is 1. The van der Waals surface area contributed by atoms with Crippen LogP contribution in [0, 0.1) is 11.8 Å². The maximum Gasteiger partial charge on any atom is 0.318 e. The highest BCUT2D eigenvalue weighted by molar-refractivity contribution is 5.75. The predicted octanol–water partition coefficient (Wildman–Crippen LogP) is 3.13.